The second-order valence-electron chi connectivity index (χ2n) is 4.32. The van der Waals surface area contributed by atoms with Crippen LogP contribution in [0.1, 0.15) is 0 Å². The normalized spacial score (nSPS) is 16.4. The summed E-state index contributed by atoms with van der Waals surface area (Å²) in [6.07, 6.45) is -10.2. The van der Waals surface area contributed by atoms with Crippen molar-refractivity contribution in [3.63, 3.8) is 0 Å². The van der Waals surface area contributed by atoms with Gasteiger partial charge in [-0.3, -0.25) is 0 Å². The molecule has 0 aromatic heterocycles. The van der Waals surface area contributed by atoms with Gasteiger partial charge in [0.15, 0.2) is 0 Å². The Balaban J connectivity index is 5.36. The molecule has 0 saturated heterocycles. The Morgan fingerprint density at radius 3 is 0.833 bits per heavy atom. The van der Waals surface area contributed by atoms with Crippen LogP contribution >= 0.6 is 0 Å². The van der Waals surface area contributed by atoms with E-state index in [2.05, 4.69) is 0 Å². The van der Waals surface area contributed by atoms with Gasteiger partial charge in [-0.05, 0) is 0 Å². The first-order valence-corrected chi connectivity index (χ1v) is 6.06. The van der Waals surface area contributed by atoms with Gasteiger partial charge in [0.25, 0.3) is 0 Å². The van der Waals surface area contributed by atoms with Crippen molar-refractivity contribution < 1.29 is 60.0 Å². The molecule has 0 heterocycles. The van der Waals surface area contributed by atoms with Gasteiger partial charge in [0.2, 0.25) is 24.9 Å². The molecule has 0 radical (unpaired) electrons. The standard InChI is InChI=1S/C10H16N2O12/c13-3(7(17)18)11(4(14)8(19)20)1-2-12(5(15)9(21)22)6(16)10(23)24/h3-6,13-16H,1-2H2,(H,17,18)(H,19,20)(H,21,22)(H,23,24). The Hall–Kier alpha value is -2.36. The fraction of sp³-hybridized carbons (Fsp3) is 0.600. The second-order valence-corrected chi connectivity index (χ2v) is 4.32. The summed E-state index contributed by atoms with van der Waals surface area (Å²) in [5.74, 6) is -7.84. The molecule has 0 aliphatic carbocycles. The molecule has 14 nitrogen and oxygen atoms in total. The average molecular weight is 356 g/mol. The second kappa shape index (κ2) is 9.06. The fourth-order valence-corrected chi connectivity index (χ4v) is 1.55. The van der Waals surface area contributed by atoms with Crippen molar-refractivity contribution in [3.05, 3.63) is 0 Å². The SMILES string of the molecule is O=C(O)C(O)N(CCN(C(O)C(=O)O)C(O)C(=O)O)C(O)C(=O)O. The van der Waals surface area contributed by atoms with Crippen LogP contribution < -0.4 is 0 Å². The molecule has 4 unspecified atom stereocenters. The lowest BCUT2D eigenvalue weighted by atomic mass is 10.3. The first-order valence-electron chi connectivity index (χ1n) is 6.06. The Bertz CT molecular complexity index is 412. The Labute approximate surface area is 133 Å². The van der Waals surface area contributed by atoms with Gasteiger partial charge in [-0.25, -0.2) is 29.0 Å². The van der Waals surface area contributed by atoms with E-state index < -0.39 is 61.9 Å². The molecule has 0 aliphatic rings. The lowest BCUT2D eigenvalue weighted by Gasteiger charge is -2.32. The molecule has 0 amide bonds. The van der Waals surface area contributed by atoms with Crippen molar-refractivity contribution in [2.45, 2.75) is 24.9 Å². The van der Waals surface area contributed by atoms with Crippen LogP contribution in [-0.2, 0) is 19.2 Å². The lowest BCUT2D eigenvalue weighted by Crippen LogP contribution is -2.57. The fourth-order valence-electron chi connectivity index (χ4n) is 1.55. The van der Waals surface area contributed by atoms with Gasteiger partial charge in [0.05, 0.1) is 0 Å². The zero-order valence-electron chi connectivity index (χ0n) is 11.8. The number of carbonyl (C=O) groups is 4. The maximum Gasteiger partial charge on any atom is 0.348 e. The summed E-state index contributed by atoms with van der Waals surface area (Å²) in [6, 6.07) is 0. The van der Waals surface area contributed by atoms with E-state index in [-0.39, 0.29) is 9.80 Å². The number of aliphatic carboxylic acids is 4. The van der Waals surface area contributed by atoms with Crippen LogP contribution in [0.3, 0.4) is 0 Å². The van der Waals surface area contributed by atoms with Crippen LogP contribution in [0.4, 0.5) is 0 Å². The monoisotopic (exact) mass is 356 g/mol. The highest BCUT2D eigenvalue weighted by Gasteiger charge is 2.37. The largest absolute Gasteiger partial charge is 0.478 e. The predicted molar refractivity (Wildman–Crippen MR) is 68.0 cm³/mol. The first-order chi connectivity index (χ1) is 10.9. The Kier molecular flexibility index (Phi) is 8.17. The van der Waals surface area contributed by atoms with E-state index in [0.717, 1.165) is 0 Å². The van der Waals surface area contributed by atoms with Crippen LogP contribution in [0.25, 0.3) is 0 Å². The minimum Gasteiger partial charge on any atom is -0.478 e. The summed E-state index contributed by atoms with van der Waals surface area (Å²) < 4.78 is 0. The third kappa shape index (κ3) is 5.69. The number of carboxylic acids is 4. The topological polar surface area (TPSA) is 237 Å². The van der Waals surface area contributed by atoms with Gasteiger partial charge < -0.3 is 40.9 Å². The van der Waals surface area contributed by atoms with Crippen LogP contribution in [-0.4, -0.2) is 113 Å². The number of aliphatic hydroxyl groups is 4. The highest BCUT2D eigenvalue weighted by Crippen LogP contribution is 2.08. The van der Waals surface area contributed by atoms with Gasteiger partial charge in [-0.2, -0.15) is 0 Å². The highest BCUT2D eigenvalue weighted by atomic mass is 16.4. The van der Waals surface area contributed by atoms with Crippen LogP contribution in [0.15, 0.2) is 0 Å². The van der Waals surface area contributed by atoms with E-state index in [1.807, 2.05) is 0 Å². The van der Waals surface area contributed by atoms with Crippen molar-refractivity contribution in [2.75, 3.05) is 13.1 Å². The summed E-state index contributed by atoms with van der Waals surface area (Å²) in [4.78, 5) is 42.9. The quantitative estimate of drug-likeness (QED) is 0.162. The third-order valence-electron chi connectivity index (χ3n) is 2.76. The maximum atomic E-state index is 10.7. The maximum absolute atomic E-state index is 10.7. The zero-order chi connectivity index (χ0) is 19.2. The lowest BCUT2D eigenvalue weighted by molar-refractivity contribution is -0.192. The van der Waals surface area contributed by atoms with Crippen molar-refractivity contribution >= 4 is 23.9 Å². The molecule has 0 aromatic carbocycles. The third-order valence-corrected chi connectivity index (χ3v) is 2.76. The van der Waals surface area contributed by atoms with Gasteiger partial charge in [0, 0.05) is 13.1 Å². The molecule has 8 N–H and O–H groups in total. The molecule has 0 saturated carbocycles. The Morgan fingerprint density at radius 2 is 0.708 bits per heavy atom. The molecule has 138 valence electrons. The van der Waals surface area contributed by atoms with Crippen LogP contribution in [0, 0.1) is 0 Å². The number of aliphatic hydroxyl groups excluding tert-OH is 4. The van der Waals surface area contributed by atoms with E-state index in [4.69, 9.17) is 20.4 Å². The number of nitrogens with zero attached hydrogens (tertiary/aromatic N) is 2. The number of hydrogen-bond donors (Lipinski definition) is 8. The number of hydrogen-bond acceptors (Lipinski definition) is 10. The minimum absolute atomic E-state index is 0.0564. The molecule has 0 rings (SSSR count). The molecule has 0 spiro atoms. The van der Waals surface area contributed by atoms with Crippen molar-refractivity contribution in [1.82, 2.24) is 9.80 Å². The minimum atomic E-state index is -2.54. The molecule has 0 fully saturated rings. The summed E-state index contributed by atoms with van der Waals surface area (Å²) in [7, 11) is 0. The molecule has 24 heavy (non-hydrogen) atoms. The van der Waals surface area contributed by atoms with Crippen molar-refractivity contribution in [1.29, 1.82) is 0 Å². The molecule has 4 atom stereocenters. The predicted octanol–water partition coefficient (Wildman–Crippen LogP) is -4.80. The first kappa shape index (κ1) is 21.6. The van der Waals surface area contributed by atoms with E-state index >= 15 is 0 Å². The van der Waals surface area contributed by atoms with Gasteiger partial charge in [-0.15, -0.1) is 0 Å². The molecular weight excluding hydrogens is 340 g/mol. The smallest absolute Gasteiger partial charge is 0.348 e. The molecule has 0 bridgehead atoms. The van der Waals surface area contributed by atoms with Crippen LogP contribution in [0.2, 0.25) is 0 Å². The van der Waals surface area contributed by atoms with Gasteiger partial charge >= 0.3 is 23.9 Å². The average Bonchev–Trinajstić information content (AvgIpc) is 2.48. The molecular formula is C10H16N2O12. The van der Waals surface area contributed by atoms with Gasteiger partial charge in [0.1, 0.15) is 0 Å². The molecule has 0 aliphatic heterocycles. The van der Waals surface area contributed by atoms with Crippen LogP contribution in [0.5, 0.6) is 0 Å². The van der Waals surface area contributed by atoms with E-state index in [1.54, 1.807) is 0 Å². The molecule has 0 aromatic rings. The van der Waals surface area contributed by atoms with E-state index in [1.165, 1.54) is 0 Å². The van der Waals surface area contributed by atoms with E-state index in [0.29, 0.717) is 0 Å². The number of carboxylic acid groups (broad SMARTS) is 4. The summed E-state index contributed by atoms with van der Waals surface area (Å²) >= 11 is 0. The zero-order valence-corrected chi connectivity index (χ0v) is 11.8. The Morgan fingerprint density at radius 1 is 0.542 bits per heavy atom. The summed E-state index contributed by atoms with van der Waals surface area (Å²) in [5, 5.41) is 72.0. The van der Waals surface area contributed by atoms with Gasteiger partial charge in [-0.1, -0.05) is 0 Å². The number of rotatable bonds is 11. The van der Waals surface area contributed by atoms with Crippen molar-refractivity contribution in [3.8, 4) is 0 Å². The summed E-state index contributed by atoms with van der Waals surface area (Å²) in [5.41, 5.74) is 0. The summed E-state index contributed by atoms with van der Waals surface area (Å²) in [6.45, 7) is -1.87. The highest BCUT2D eigenvalue weighted by molar-refractivity contribution is 5.76. The van der Waals surface area contributed by atoms with E-state index in [9.17, 15) is 39.6 Å². The molecule has 14 heteroatoms. The van der Waals surface area contributed by atoms with Crippen molar-refractivity contribution in [2.24, 2.45) is 0 Å².